The fraction of sp³-hybridized carbons (Fsp3) is 0.0769. The van der Waals surface area contributed by atoms with E-state index in [9.17, 15) is 0 Å². The molecule has 3 rings (SSSR count). The standard InChI is InChI=1S/C13H11N3O/c1-8-2-4-9(5-3-8)10-6-11-12(14)16-17-13(11)15-7-10/h2-7H,1H3,(H2,14,16). The Balaban J connectivity index is 2.17. The van der Waals surface area contributed by atoms with Gasteiger partial charge in [0, 0.05) is 11.8 Å². The summed E-state index contributed by atoms with van der Waals surface area (Å²) in [4.78, 5) is 4.19. The second-order valence-corrected chi connectivity index (χ2v) is 4.01. The molecule has 0 aliphatic rings. The van der Waals surface area contributed by atoms with Crippen molar-refractivity contribution in [1.29, 1.82) is 0 Å². The highest BCUT2D eigenvalue weighted by atomic mass is 16.5. The Labute approximate surface area is 98.1 Å². The van der Waals surface area contributed by atoms with Gasteiger partial charge in [0.1, 0.15) is 0 Å². The van der Waals surface area contributed by atoms with Crippen molar-refractivity contribution in [3.8, 4) is 11.1 Å². The third-order valence-electron chi connectivity index (χ3n) is 2.74. The van der Waals surface area contributed by atoms with Crippen LogP contribution in [0.5, 0.6) is 0 Å². The van der Waals surface area contributed by atoms with Crippen LogP contribution in [0.25, 0.3) is 22.2 Å². The second-order valence-electron chi connectivity index (χ2n) is 4.01. The van der Waals surface area contributed by atoms with E-state index in [4.69, 9.17) is 10.3 Å². The van der Waals surface area contributed by atoms with Crippen molar-refractivity contribution in [2.75, 3.05) is 5.73 Å². The van der Waals surface area contributed by atoms with Gasteiger partial charge in [-0.3, -0.25) is 0 Å². The van der Waals surface area contributed by atoms with Crippen molar-refractivity contribution in [2.45, 2.75) is 6.92 Å². The number of aromatic nitrogens is 2. The SMILES string of the molecule is Cc1ccc(-c2cnc3onc(N)c3c2)cc1. The minimum atomic E-state index is 0.376. The van der Waals surface area contributed by atoms with Crippen molar-refractivity contribution < 1.29 is 4.52 Å². The van der Waals surface area contributed by atoms with Gasteiger partial charge in [-0.25, -0.2) is 4.98 Å². The predicted octanol–water partition coefficient (Wildman–Crippen LogP) is 2.78. The quantitative estimate of drug-likeness (QED) is 0.691. The first-order chi connectivity index (χ1) is 8.24. The van der Waals surface area contributed by atoms with Gasteiger partial charge >= 0.3 is 0 Å². The van der Waals surface area contributed by atoms with Crippen LogP contribution in [-0.4, -0.2) is 10.1 Å². The maximum Gasteiger partial charge on any atom is 0.259 e. The van der Waals surface area contributed by atoms with Crippen molar-refractivity contribution in [3.63, 3.8) is 0 Å². The molecule has 3 aromatic rings. The molecule has 0 fully saturated rings. The largest absolute Gasteiger partial charge is 0.380 e. The van der Waals surface area contributed by atoms with Crippen LogP contribution in [0.2, 0.25) is 0 Å². The van der Waals surface area contributed by atoms with Gasteiger partial charge in [-0.15, -0.1) is 0 Å². The average molecular weight is 225 g/mol. The molecule has 4 heteroatoms. The van der Waals surface area contributed by atoms with Crippen LogP contribution in [0.4, 0.5) is 5.82 Å². The molecule has 0 aliphatic heterocycles. The number of rotatable bonds is 1. The molecule has 0 saturated carbocycles. The van der Waals surface area contributed by atoms with Gasteiger partial charge in [0.05, 0.1) is 5.39 Å². The summed E-state index contributed by atoms with van der Waals surface area (Å²) in [5.41, 5.74) is 9.51. The number of nitrogen functional groups attached to an aromatic ring is 1. The molecule has 4 nitrogen and oxygen atoms in total. The van der Waals surface area contributed by atoms with Gasteiger partial charge in [-0.05, 0) is 18.6 Å². The highest BCUT2D eigenvalue weighted by Gasteiger charge is 2.07. The van der Waals surface area contributed by atoms with E-state index in [1.54, 1.807) is 6.20 Å². The number of pyridine rings is 1. The summed E-state index contributed by atoms with van der Waals surface area (Å²) in [6.07, 6.45) is 1.76. The molecule has 0 amide bonds. The first kappa shape index (κ1) is 9.84. The zero-order chi connectivity index (χ0) is 11.8. The van der Waals surface area contributed by atoms with E-state index >= 15 is 0 Å². The Morgan fingerprint density at radius 3 is 2.65 bits per heavy atom. The maximum absolute atomic E-state index is 5.70. The predicted molar refractivity (Wildman–Crippen MR) is 66.4 cm³/mol. The molecule has 2 heterocycles. The van der Waals surface area contributed by atoms with Crippen LogP contribution in [0.1, 0.15) is 5.56 Å². The number of nitrogens with two attached hydrogens (primary N) is 1. The summed E-state index contributed by atoms with van der Waals surface area (Å²) >= 11 is 0. The van der Waals surface area contributed by atoms with E-state index in [0.717, 1.165) is 16.5 Å². The molecule has 0 radical (unpaired) electrons. The number of aryl methyl sites for hydroxylation is 1. The summed E-state index contributed by atoms with van der Waals surface area (Å²) in [7, 11) is 0. The smallest absolute Gasteiger partial charge is 0.259 e. The van der Waals surface area contributed by atoms with Crippen LogP contribution in [0.15, 0.2) is 41.1 Å². The molecule has 1 aromatic carbocycles. The lowest BCUT2D eigenvalue weighted by Gasteiger charge is -2.01. The molecule has 84 valence electrons. The molecule has 2 N–H and O–H groups in total. The van der Waals surface area contributed by atoms with Crippen molar-refractivity contribution in [3.05, 3.63) is 42.1 Å². The monoisotopic (exact) mass is 225 g/mol. The third kappa shape index (κ3) is 1.63. The van der Waals surface area contributed by atoms with E-state index in [2.05, 4.69) is 41.3 Å². The molecule has 0 atom stereocenters. The minimum Gasteiger partial charge on any atom is -0.380 e. The number of fused-ring (bicyclic) bond motifs is 1. The zero-order valence-electron chi connectivity index (χ0n) is 9.34. The maximum atomic E-state index is 5.70. The molecular weight excluding hydrogens is 214 g/mol. The van der Waals surface area contributed by atoms with Crippen molar-refractivity contribution >= 4 is 16.9 Å². The Morgan fingerprint density at radius 2 is 1.88 bits per heavy atom. The molecule has 0 bridgehead atoms. The summed E-state index contributed by atoms with van der Waals surface area (Å²) in [6, 6.07) is 10.2. The number of hydrogen-bond donors (Lipinski definition) is 1. The molecule has 17 heavy (non-hydrogen) atoms. The average Bonchev–Trinajstić information content (AvgIpc) is 2.72. The highest BCUT2D eigenvalue weighted by molar-refractivity contribution is 5.87. The Morgan fingerprint density at radius 1 is 1.12 bits per heavy atom. The Kier molecular flexibility index (Phi) is 2.08. The lowest BCUT2D eigenvalue weighted by Crippen LogP contribution is -1.85. The Hall–Kier alpha value is -2.36. The van der Waals surface area contributed by atoms with E-state index in [1.165, 1.54) is 5.56 Å². The lowest BCUT2D eigenvalue weighted by atomic mass is 10.1. The fourth-order valence-electron chi connectivity index (χ4n) is 1.75. The van der Waals surface area contributed by atoms with Crippen LogP contribution >= 0.6 is 0 Å². The first-order valence-corrected chi connectivity index (χ1v) is 5.32. The molecule has 0 saturated heterocycles. The third-order valence-corrected chi connectivity index (χ3v) is 2.74. The number of hydrogen-bond acceptors (Lipinski definition) is 4. The van der Waals surface area contributed by atoms with Gasteiger partial charge < -0.3 is 10.3 Å². The van der Waals surface area contributed by atoms with E-state index in [-0.39, 0.29) is 0 Å². The normalized spacial score (nSPS) is 10.9. The van der Waals surface area contributed by atoms with Crippen LogP contribution in [0, 0.1) is 6.92 Å². The summed E-state index contributed by atoms with van der Waals surface area (Å²) in [5.74, 6) is 0.376. The second kappa shape index (κ2) is 3.59. The van der Waals surface area contributed by atoms with Crippen molar-refractivity contribution in [2.24, 2.45) is 0 Å². The van der Waals surface area contributed by atoms with Gasteiger partial charge in [-0.2, -0.15) is 0 Å². The topological polar surface area (TPSA) is 64.9 Å². The summed E-state index contributed by atoms with van der Waals surface area (Å²) in [6.45, 7) is 2.06. The fourth-order valence-corrected chi connectivity index (χ4v) is 1.75. The zero-order valence-corrected chi connectivity index (χ0v) is 9.34. The van der Waals surface area contributed by atoms with E-state index in [1.807, 2.05) is 6.07 Å². The van der Waals surface area contributed by atoms with E-state index < -0.39 is 0 Å². The molecule has 2 aromatic heterocycles. The van der Waals surface area contributed by atoms with Crippen molar-refractivity contribution in [1.82, 2.24) is 10.1 Å². The Bertz CT molecular complexity index is 671. The first-order valence-electron chi connectivity index (χ1n) is 5.32. The molecule has 0 unspecified atom stereocenters. The van der Waals surface area contributed by atoms with Crippen LogP contribution < -0.4 is 5.73 Å². The molecular formula is C13H11N3O. The summed E-state index contributed by atoms with van der Waals surface area (Å²) < 4.78 is 4.97. The molecule has 0 aliphatic carbocycles. The number of nitrogens with zero attached hydrogens (tertiary/aromatic N) is 2. The van der Waals surface area contributed by atoms with Gasteiger partial charge in [0.25, 0.3) is 5.71 Å². The van der Waals surface area contributed by atoms with Crippen LogP contribution in [-0.2, 0) is 0 Å². The summed E-state index contributed by atoms with van der Waals surface area (Å²) in [5, 5.41) is 4.44. The highest BCUT2D eigenvalue weighted by Crippen LogP contribution is 2.25. The van der Waals surface area contributed by atoms with E-state index in [0.29, 0.717) is 11.5 Å². The number of benzene rings is 1. The lowest BCUT2D eigenvalue weighted by molar-refractivity contribution is 0.452. The van der Waals surface area contributed by atoms with Crippen LogP contribution in [0.3, 0.4) is 0 Å². The number of anilines is 1. The minimum absolute atomic E-state index is 0.376. The van der Waals surface area contributed by atoms with Gasteiger partial charge in [-0.1, -0.05) is 35.0 Å². The molecule has 0 spiro atoms. The van der Waals surface area contributed by atoms with Gasteiger partial charge in [0.15, 0.2) is 5.82 Å². The van der Waals surface area contributed by atoms with Gasteiger partial charge in [0.2, 0.25) is 0 Å².